The number of hydrogen-bond acceptors (Lipinski definition) is 5. The second-order valence-corrected chi connectivity index (χ2v) is 6.84. The van der Waals surface area contributed by atoms with Gasteiger partial charge in [-0.1, -0.05) is 30.0 Å². The number of carbonyl (C=O) groups excluding carboxylic acids is 1. The van der Waals surface area contributed by atoms with Gasteiger partial charge < -0.3 is 5.32 Å². The molecule has 0 bridgehead atoms. The Labute approximate surface area is 151 Å². The highest BCUT2D eigenvalue weighted by atomic mass is 32.2. The smallest absolute Gasteiger partial charge is 0.253 e. The molecule has 2 heterocycles. The number of nitrogens with zero attached hydrogens (tertiary/aromatic N) is 4. The van der Waals surface area contributed by atoms with Gasteiger partial charge in [-0.25, -0.2) is 9.50 Å². The molecule has 0 unspecified atom stereocenters. The minimum atomic E-state index is -0.0602. The zero-order valence-electron chi connectivity index (χ0n) is 15.0. The molecule has 0 radical (unpaired) electrons. The van der Waals surface area contributed by atoms with Crippen LogP contribution in [0, 0.1) is 27.7 Å². The molecule has 6 nitrogen and oxygen atoms in total. The van der Waals surface area contributed by atoms with Crippen LogP contribution >= 0.6 is 11.8 Å². The molecule has 3 aromatic rings. The second-order valence-electron chi connectivity index (χ2n) is 6.06. The predicted molar refractivity (Wildman–Crippen MR) is 100 cm³/mol. The summed E-state index contributed by atoms with van der Waals surface area (Å²) in [5.74, 6) is 0.508. The van der Waals surface area contributed by atoms with Crippen molar-refractivity contribution in [1.82, 2.24) is 19.6 Å². The van der Waals surface area contributed by atoms with E-state index in [1.54, 1.807) is 4.52 Å². The van der Waals surface area contributed by atoms with Gasteiger partial charge in [0.05, 0.1) is 6.42 Å². The average molecular weight is 355 g/mol. The summed E-state index contributed by atoms with van der Waals surface area (Å²) in [6.07, 6.45) is 2.18. The van der Waals surface area contributed by atoms with E-state index in [2.05, 4.69) is 20.4 Å². The third-order valence-corrected chi connectivity index (χ3v) is 4.83. The van der Waals surface area contributed by atoms with Crippen LogP contribution in [0.2, 0.25) is 0 Å². The third-order valence-electron chi connectivity index (χ3n) is 4.29. The van der Waals surface area contributed by atoms with Gasteiger partial charge in [0.1, 0.15) is 0 Å². The van der Waals surface area contributed by atoms with Gasteiger partial charge in [-0.15, -0.1) is 5.10 Å². The van der Waals surface area contributed by atoms with Gasteiger partial charge >= 0.3 is 0 Å². The van der Waals surface area contributed by atoms with Crippen molar-refractivity contribution in [2.45, 2.75) is 39.3 Å². The number of para-hydroxylation sites is 1. The molecule has 3 rings (SSSR count). The Morgan fingerprint density at radius 3 is 2.48 bits per heavy atom. The van der Waals surface area contributed by atoms with Gasteiger partial charge in [-0.3, -0.25) is 4.79 Å². The van der Waals surface area contributed by atoms with Gasteiger partial charge in [0.25, 0.3) is 5.78 Å². The van der Waals surface area contributed by atoms with Crippen LogP contribution < -0.4 is 5.32 Å². The Morgan fingerprint density at radius 1 is 1.16 bits per heavy atom. The van der Waals surface area contributed by atoms with Crippen molar-refractivity contribution in [3.8, 4) is 0 Å². The molecule has 7 heteroatoms. The summed E-state index contributed by atoms with van der Waals surface area (Å²) in [7, 11) is 0. The number of amides is 1. The van der Waals surface area contributed by atoms with E-state index >= 15 is 0 Å². The molecule has 0 aliphatic heterocycles. The van der Waals surface area contributed by atoms with Crippen molar-refractivity contribution < 1.29 is 4.79 Å². The minimum absolute atomic E-state index is 0.0602. The lowest BCUT2D eigenvalue weighted by molar-refractivity contribution is -0.115. The Kier molecular flexibility index (Phi) is 4.76. The van der Waals surface area contributed by atoms with Crippen LogP contribution in [0.3, 0.4) is 0 Å². The van der Waals surface area contributed by atoms with E-state index in [1.165, 1.54) is 11.8 Å². The van der Waals surface area contributed by atoms with Gasteiger partial charge in [0, 0.05) is 22.6 Å². The lowest BCUT2D eigenvalue weighted by Gasteiger charge is -2.13. The number of benzene rings is 1. The maximum atomic E-state index is 12.6. The predicted octanol–water partition coefficient (Wildman–Crippen LogP) is 3.26. The molecule has 0 saturated carbocycles. The van der Waals surface area contributed by atoms with Gasteiger partial charge in [-0.05, 0) is 45.1 Å². The maximum Gasteiger partial charge on any atom is 0.253 e. The lowest BCUT2D eigenvalue weighted by Crippen LogP contribution is -2.19. The first kappa shape index (κ1) is 17.4. The number of anilines is 1. The van der Waals surface area contributed by atoms with Crippen molar-refractivity contribution in [1.29, 1.82) is 0 Å². The summed E-state index contributed by atoms with van der Waals surface area (Å²) in [6.45, 7) is 7.84. The van der Waals surface area contributed by atoms with Crippen molar-refractivity contribution in [3.63, 3.8) is 0 Å². The third kappa shape index (κ3) is 3.37. The van der Waals surface area contributed by atoms with Crippen LogP contribution in [0.15, 0.2) is 23.4 Å². The highest BCUT2D eigenvalue weighted by molar-refractivity contribution is 7.98. The molecule has 0 atom stereocenters. The fourth-order valence-corrected chi connectivity index (χ4v) is 3.22. The maximum absolute atomic E-state index is 12.6. The van der Waals surface area contributed by atoms with Crippen molar-refractivity contribution in [3.05, 3.63) is 46.3 Å². The Hall–Kier alpha value is -2.41. The Bertz CT molecular complexity index is 943. The molecule has 25 heavy (non-hydrogen) atoms. The van der Waals surface area contributed by atoms with Crippen LogP contribution in [0.1, 0.15) is 28.1 Å². The topological polar surface area (TPSA) is 72.2 Å². The van der Waals surface area contributed by atoms with E-state index < -0.39 is 0 Å². The van der Waals surface area contributed by atoms with Crippen LogP contribution in [0.25, 0.3) is 5.78 Å². The summed E-state index contributed by atoms with van der Waals surface area (Å²) in [5.41, 5.74) is 5.57. The van der Waals surface area contributed by atoms with E-state index in [-0.39, 0.29) is 12.3 Å². The Balaban J connectivity index is 1.91. The van der Waals surface area contributed by atoms with Gasteiger partial charge in [0.15, 0.2) is 0 Å². The highest BCUT2D eigenvalue weighted by Crippen LogP contribution is 2.21. The second kappa shape index (κ2) is 6.84. The van der Waals surface area contributed by atoms with Crippen LogP contribution in [-0.2, 0) is 11.2 Å². The first-order chi connectivity index (χ1) is 11.9. The van der Waals surface area contributed by atoms with Crippen molar-refractivity contribution in [2.75, 3.05) is 11.6 Å². The molecular formula is C18H21N5OS. The fourth-order valence-electron chi connectivity index (χ4n) is 2.89. The SMILES string of the molecule is CSc1nc2nc(C)c(CC(=O)Nc3c(C)cccc3C)c(C)n2n1. The number of carbonyl (C=O) groups is 1. The number of rotatable bonds is 4. The number of aromatic nitrogens is 4. The number of thioether (sulfide) groups is 1. The quantitative estimate of drug-likeness (QED) is 0.727. The van der Waals surface area contributed by atoms with Gasteiger partial charge in [0.2, 0.25) is 11.1 Å². The lowest BCUT2D eigenvalue weighted by atomic mass is 10.1. The molecule has 0 aliphatic rings. The largest absolute Gasteiger partial charge is 0.325 e. The number of aryl methyl sites for hydroxylation is 4. The molecule has 130 valence electrons. The molecule has 0 spiro atoms. The Morgan fingerprint density at radius 2 is 1.84 bits per heavy atom. The monoisotopic (exact) mass is 355 g/mol. The van der Waals surface area contributed by atoms with E-state index in [4.69, 9.17) is 0 Å². The number of nitrogens with one attached hydrogen (secondary N) is 1. The fraction of sp³-hybridized carbons (Fsp3) is 0.333. The number of fused-ring (bicyclic) bond motifs is 1. The highest BCUT2D eigenvalue weighted by Gasteiger charge is 2.16. The molecule has 1 aromatic carbocycles. The minimum Gasteiger partial charge on any atom is -0.325 e. The molecule has 0 saturated heterocycles. The van der Waals surface area contributed by atoms with E-state index in [0.717, 1.165) is 33.8 Å². The summed E-state index contributed by atoms with van der Waals surface area (Å²) in [6, 6.07) is 5.97. The first-order valence-electron chi connectivity index (χ1n) is 8.03. The standard InChI is InChI=1S/C18H21N5OS/c1-10-7-6-8-11(2)16(10)20-15(24)9-14-12(3)19-17-21-18(25-5)22-23(17)13(14)4/h6-8H,9H2,1-5H3,(H,20,24). The summed E-state index contributed by atoms with van der Waals surface area (Å²) in [5, 5.41) is 8.13. The number of hydrogen-bond donors (Lipinski definition) is 1. The molecule has 2 aromatic heterocycles. The molecule has 1 amide bonds. The molecular weight excluding hydrogens is 334 g/mol. The van der Waals surface area contributed by atoms with E-state index in [0.29, 0.717) is 10.9 Å². The van der Waals surface area contributed by atoms with Crippen LogP contribution in [0.5, 0.6) is 0 Å². The molecule has 0 fully saturated rings. The first-order valence-corrected chi connectivity index (χ1v) is 9.26. The summed E-state index contributed by atoms with van der Waals surface area (Å²) in [4.78, 5) is 21.5. The zero-order valence-corrected chi connectivity index (χ0v) is 15.9. The molecule has 1 N–H and O–H groups in total. The van der Waals surface area contributed by atoms with Crippen molar-refractivity contribution in [2.24, 2.45) is 0 Å². The van der Waals surface area contributed by atoms with Crippen molar-refractivity contribution >= 4 is 29.1 Å². The summed E-state index contributed by atoms with van der Waals surface area (Å²) < 4.78 is 1.71. The average Bonchev–Trinajstić information content (AvgIpc) is 2.98. The van der Waals surface area contributed by atoms with E-state index in [9.17, 15) is 4.79 Å². The summed E-state index contributed by atoms with van der Waals surface area (Å²) >= 11 is 1.47. The van der Waals surface area contributed by atoms with Crippen LogP contribution in [-0.4, -0.2) is 31.7 Å². The molecule has 0 aliphatic carbocycles. The van der Waals surface area contributed by atoms with Gasteiger partial charge in [-0.2, -0.15) is 4.98 Å². The normalized spacial score (nSPS) is 11.1. The zero-order chi connectivity index (χ0) is 18.1. The van der Waals surface area contributed by atoms with E-state index in [1.807, 2.05) is 52.1 Å². The van der Waals surface area contributed by atoms with Crippen LogP contribution in [0.4, 0.5) is 5.69 Å².